The summed E-state index contributed by atoms with van der Waals surface area (Å²) in [6.45, 7) is -0.207. The molecule has 1 rings (SSSR count). The minimum absolute atomic E-state index is 0.119. The molecule has 2 nitrogen and oxygen atoms in total. The van der Waals surface area contributed by atoms with E-state index < -0.39 is 12.3 Å². The molecule has 0 bridgehead atoms. The van der Waals surface area contributed by atoms with Crippen molar-refractivity contribution < 1.29 is 8.78 Å². The van der Waals surface area contributed by atoms with E-state index in [9.17, 15) is 8.78 Å². The maximum atomic E-state index is 12.5. The Morgan fingerprint density at radius 3 is 2.14 bits per heavy atom. The fourth-order valence-corrected chi connectivity index (χ4v) is 1.77. The van der Waals surface area contributed by atoms with Gasteiger partial charge in [0, 0.05) is 24.5 Å². The highest BCUT2D eigenvalue weighted by molar-refractivity contribution is 6.35. The Morgan fingerprint density at radius 1 is 1.29 bits per heavy atom. The van der Waals surface area contributed by atoms with Gasteiger partial charge in [0.05, 0.1) is 16.0 Å². The number of halogens is 4. The number of aromatic nitrogens is 1. The lowest BCUT2D eigenvalue weighted by atomic mass is 10.0. The summed E-state index contributed by atoms with van der Waals surface area (Å²) in [4.78, 5) is 3.67. The Balaban J connectivity index is 3.15. The maximum absolute atomic E-state index is 12.5. The fourth-order valence-electron chi connectivity index (χ4n) is 1.12. The number of hydrogen-bond acceptors (Lipinski definition) is 2. The highest BCUT2D eigenvalue weighted by Gasteiger charge is 2.25. The van der Waals surface area contributed by atoms with Gasteiger partial charge in [-0.15, -0.1) is 0 Å². The van der Waals surface area contributed by atoms with Crippen molar-refractivity contribution in [2.75, 3.05) is 6.54 Å². The number of hydrogen-bond donors (Lipinski definition) is 1. The number of pyridine rings is 1. The molecule has 1 aromatic heterocycles. The summed E-state index contributed by atoms with van der Waals surface area (Å²) in [6, 6.07) is 0. The second-order valence-electron chi connectivity index (χ2n) is 2.69. The van der Waals surface area contributed by atoms with Crippen LogP contribution in [0.1, 0.15) is 11.5 Å². The molecule has 0 aromatic carbocycles. The molecule has 0 radical (unpaired) electrons. The third kappa shape index (κ3) is 2.32. The minimum Gasteiger partial charge on any atom is -0.330 e. The summed E-state index contributed by atoms with van der Waals surface area (Å²) in [7, 11) is 0. The first kappa shape index (κ1) is 11.6. The predicted molar refractivity (Wildman–Crippen MR) is 52.1 cm³/mol. The van der Waals surface area contributed by atoms with Crippen LogP contribution in [0.5, 0.6) is 0 Å². The van der Waals surface area contributed by atoms with E-state index in [-0.39, 0.29) is 22.2 Å². The molecule has 0 fully saturated rings. The zero-order chi connectivity index (χ0) is 10.7. The molecule has 1 heterocycles. The molecule has 0 saturated carbocycles. The SMILES string of the molecule is NCC(c1c(Cl)cncc1Cl)C(F)F. The van der Waals surface area contributed by atoms with Crippen LogP contribution in [0.25, 0.3) is 0 Å². The van der Waals surface area contributed by atoms with Gasteiger partial charge >= 0.3 is 0 Å². The lowest BCUT2D eigenvalue weighted by Gasteiger charge is -2.16. The van der Waals surface area contributed by atoms with Crippen molar-refractivity contribution in [1.82, 2.24) is 4.98 Å². The van der Waals surface area contributed by atoms with Gasteiger partial charge in [0.1, 0.15) is 0 Å². The Hall–Kier alpha value is -0.450. The first-order chi connectivity index (χ1) is 6.57. The summed E-state index contributed by atoms with van der Waals surface area (Å²) >= 11 is 11.4. The molecule has 14 heavy (non-hydrogen) atoms. The van der Waals surface area contributed by atoms with Crippen LogP contribution in [0.3, 0.4) is 0 Å². The zero-order valence-electron chi connectivity index (χ0n) is 7.05. The van der Waals surface area contributed by atoms with Gasteiger partial charge in [-0.3, -0.25) is 4.98 Å². The summed E-state index contributed by atoms with van der Waals surface area (Å²) in [5.74, 6) is -1.14. The monoisotopic (exact) mass is 240 g/mol. The van der Waals surface area contributed by atoms with E-state index in [1.165, 1.54) is 12.4 Å². The summed E-state index contributed by atoms with van der Waals surface area (Å²) < 4.78 is 25.1. The molecule has 1 unspecified atom stereocenters. The molecular weight excluding hydrogens is 233 g/mol. The van der Waals surface area contributed by atoms with Crippen molar-refractivity contribution in [2.45, 2.75) is 12.3 Å². The normalized spacial score (nSPS) is 13.3. The molecule has 0 aliphatic rings. The molecule has 0 aliphatic heterocycles. The number of nitrogens with zero attached hydrogens (tertiary/aromatic N) is 1. The molecule has 1 aromatic rings. The van der Waals surface area contributed by atoms with E-state index in [1.54, 1.807) is 0 Å². The van der Waals surface area contributed by atoms with Crippen LogP contribution < -0.4 is 5.73 Å². The number of nitrogens with two attached hydrogens (primary N) is 1. The third-order valence-electron chi connectivity index (χ3n) is 1.82. The molecule has 0 saturated heterocycles. The van der Waals surface area contributed by atoms with Crippen LogP contribution in [0, 0.1) is 0 Å². The number of rotatable bonds is 3. The van der Waals surface area contributed by atoms with E-state index in [1.807, 2.05) is 0 Å². The van der Waals surface area contributed by atoms with Gasteiger partial charge in [-0.05, 0) is 0 Å². The first-order valence-electron chi connectivity index (χ1n) is 3.85. The molecule has 1 atom stereocenters. The maximum Gasteiger partial charge on any atom is 0.246 e. The van der Waals surface area contributed by atoms with Gasteiger partial charge in [0.25, 0.3) is 0 Å². The van der Waals surface area contributed by atoms with Crippen LogP contribution in [0.15, 0.2) is 12.4 Å². The van der Waals surface area contributed by atoms with Crippen LogP contribution in [-0.4, -0.2) is 18.0 Å². The van der Waals surface area contributed by atoms with Crippen molar-refractivity contribution in [3.63, 3.8) is 0 Å². The third-order valence-corrected chi connectivity index (χ3v) is 2.42. The Morgan fingerprint density at radius 2 is 1.79 bits per heavy atom. The lowest BCUT2D eigenvalue weighted by molar-refractivity contribution is 0.117. The minimum atomic E-state index is -2.59. The second kappa shape index (κ2) is 4.87. The van der Waals surface area contributed by atoms with Gasteiger partial charge in [0.15, 0.2) is 0 Å². The summed E-state index contributed by atoms with van der Waals surface area (Å²) in [5.41, 5.74) is 5.39. The molecule has 78 valence electrons. The van der Waals surface area contributed by atoms with Crippen molar-refractivity contribution in [3.8, 4) is 0 Å². The average Bonchev–Trinajstić information content (AvgIpc) is 2.10. The topological polar surface area (TPSA) is 38.9 Å². The molecule has 0 spiro atoms. The smallest absolute Gasteiger partial charge is 0.246 e. The van der Waals surface area contributed by atoms with Crippen LogP contribution in [0.4, 0.5) is 8.78 Å². The van der Waals surface area contributed by atoms with Crippen molar-refractivity contribution in [2.24, 2.45) is 5.73 Å². The standard InChI is InChI=1S/C8H8Cl2F2N2/c9-5-2-14-3-6(10)7(5)4(1-13)8(11)12/h2-4,8H,1,13H2. The van der Waals surface area contributed by atoms with Gasteiger partial charge in [-0.25, -0.2) is 8.78 Å². The first-order valence-corrected chi connectivity index (χ1v) is 4.60. The highest BCUT2D eigenvalue weighted by atomic mass is 35.5. The molecule has 0 amide bonds. The van der Waals surface area contributed by atoms with Crippen molar-refractivity contribution in [3.05, 3.63) is 28.0 Å². The fraction of sp³-hybridized carbons (Fsp3) is 0.375. The average molecular weight is 241 g/mol. The Labute approximate surface area is 90.0 Å². The van der Waals surface area contributed by atoms with E-state index in [4.69, 9.17) is 28.9 Å². The molecule has 2 N–H and O–H groups in total. The van der Waals surface area contributed by atoms with Gasteiger partial charge < -0.3 is 5.73 Å². The van der Waals surface area contributed by atoms with E-state index >= 15 is 0 Å². The Kier molecular flexibility index (Phi) is 4.04. The largest absolute Gasteiger partial charge is 0.330 e. The van der Waals surface area contributed by atoms with Gasteiger partial charge in [-0.2, -0.15) is 0 Å². The molecular formula is C8H8Cl2F2N2. The van der Waals surface area contributed by atoms with Crippen LogP contribution in [0.2, 0.25) is 10.0 Å². The van der Waals surface area contributed by atoms with Crippen molar-refractivity contribution >= 4 is 23.2 Å². The molecule has 0 aliphatic carbocycles. The van der Waals surface area contributed by atoms with E-state index in [2.05, 4.69) is 4.98 Å². The summed E-state index contributed by atoms with van der Waals surface area (Å²) in [6.07, 6.45) is -0.0425. The van der Waals surface area contributed by atoms with Crippen LogP contribution >= 0.6 is 23.2 Å². The summed E-state index contributed by atoms with van der Waals surface area (Å²) in [5, 5.41) is 0.238. The van der Waals surface area contributed by atoms with E-state index in [0.29, 0.717) is 0 Å². The highest BCUT2D eigenvalue weighted by Crippen LogP contribution is 2.33. The van der Waals surface area contributed by atoms with Gasteiger partial charge in [0.2, 0.25) is 6.43 Å². The Bertz CT molecular complexity index is 300. The van der Waals surface area contributed by atoms with Crippen molar-refractivity contribution in [1.29, 1.82) is 0 Å². The molecule has 6 heteroatoms. The predicted octanol–water partition coefficient (Wildman–Crippen LogP) is 2.70. The van der Waals surface area contributed by atoms with Crippen LogP contribution in [-0.2, 0) is 0 Å². The van der Waals surface area contributed by atoms with Gasteiger partial charge in [-0.1, -0.05) is 23.2 Å². The quantitative estimate of drug-likeness (QED) is 0.883. The lowest BCUT2D eigenvalue weighted by Crippen LogP contribution is -2.20. The number of alkyl halides is 2. The van der Waals surface area contributed by atoms with E-state index in [0.717, 1.165) is 0 Å². The second-order valence-corrected chi connectivity index (χ2v) is 3.51. The zero-order valence-corrected chi connectivity index (χ0v) is 8.56.